The molecule has 1 aromatic heterocycles. The number of nitrogens with one attached hydrogen (secondary N) is 1. The van der Waals surface area contributed by atoms with E-state index in [4.69, 9.17) is 0 Å². The van der Waals surface area contributed by atoms with E-state index < -0.39 is 0 Å². The number of hydrogen-bond acceptors (Lipinski definition) is 3. The van der Waals surface area contributed by atoms with Gasteiger partial charge >= 0.3 is 6.03 Å². The van der Waals surface area contributed by atoms with Gasteiger partial charge in [-0.05, 0) is 37.3 Å². The van der Waals surface area contributed by atoms with E-state index in [9.17, 15) is 4.79 Å². The molecule has 122 valence electrons. The summed E-state index contributed by atoms with van der Waals surface area (Å²) in [6.07, 6.45) is 4.08. The van der Waals surface area contributed by atoms with Crippen molar-refractivity contribution in [3.05, 3.63) is 51.5 Å². The molecule has 0 aliphatic heterocycles. The SMILES string of the molecule is Cc1csc(CCNC(=O)N(C)[C@H]2CCCc3ccccc32)n1. The summed E-state index contributed by atoms with van der Waals surface area (Å²) in [5, 5.41) is 6.14. The maximum atomic E-state index is 12.4. The van der Waals surface area contributed by atoms with Crippen molar-refractivity contribution in [1.82, 2.24) is 15.2 Å². The van der Waals surface area contributed by atoms with Gasteiger partial charge in [-0.2, -0.15) is 0 Å². The maximum Gasteiger partial charge on any atom is 0.317 e. The van der Waals surface area contributed by atoms with E-state index in [2.05, 4.69) is 34.6 Å². The van der Waals surface area contributed by atoms with E-state index in [1.54, 1.807) is 11.3 Å². The standard InChI is InChI=1S/C18H23N3OS/c1-13-12-23-17(20-13)10-11-19-18(22)21(2)16-9-5-7-14-6-3-4-8-15(14)16/h3-4,6,8,12,16H,5,7,9-11H2,1-2H3,(H,19,22)/t16-/m0/s1. The van der Waals surface area contributed by atoms with Crippen molar-refractivity contribution < 1.29 is 4.79 Å². The normalized spacial score (nSPS) is 16.7. The first-order chi connectivity index (χ1) is 11.1. The van der Waals surface area contributed by atoms with Crippen molar-refractivity contribution >= 4 is 17.4 Å². The highest BCUT2D eigenvalue weighted by atomic mass is 32.1. The molecule has 0 saturated heterocycles. The van der Waals surface area contributed by atoms with Gasteiger partial charge in [-0.15, -0.1) is 11.3 Å². The Balaban J connectivity index is 1.57. The average Bonchev–Trinajstić information content (AvgIpc) is 2.99. The van der Waals surface area contributed by atoms with Gasteiger partial charge in [-0.1, -0.05) is 24.3 Å². The predicted molar refractivity (Wildman–Crippen MR) is 93.8 cm³/mol. The Bertz CT molecular complexity index is 682. The Morgan fingerprint density at radius 1 is 1.43 bits per heavy atom. The molecule has 1 heterocycles. The van der Waals surface area contributed by atoms with Gasteiger partial charge < -0.3 is 10.2 Å². The van der Waals surface area contributed by atoms with Crippen LogP contribution in [0.2, 0.25) is 0 Å². The van der Waals surface area contributed by atoms with Crippen LogP contribution in [0, 0.1) is 6.92 Å². The molecule has 23 heavy (non-hydrogen) atoms. The number of benzene rings is 1. The lowest BCUT2D eigenvalue weighted by atomic mass is 9.87. The molecular weight excluding hydrogens is 306 g/mol. The van der Waals surface area contributed by atoms with Gasteiger partial charge in [0.1, 0.15) is 0 Å². The Hall–Kier alpha value is -1.88. The zero-order chi connectivity index (χ0) is 16.2. The summed E-state index contributed by atoms with van der Waals surface area (Å²) < 4.78 is 0. The largest absolute Gasteiger partial charge is 0.338 e. The fourth-order valence-corrected chi connectivity index (χ4v) is 3.97. The molecule has 1 aliphatic rings. The topological polar surface area (TPSA) is 45.2 Å². The van der Waals surface area contributed by atoms with Crippen LogP contribution in [-0.2, 0) is 12.8 Å². The van der Waals surface area contributed by atoms with E-state index in [1.807, 2.05) is 24.3 Å². The highest BCUT2D eigenvalue weighted by Crippen LogP contribution is 2.33. The third-order valence-electron chi connectivity index (χ3n) is 4.41. The fraction of sp³-hybridized carbons (Fsp3) is 0.444. The van der Waals surface area contributed by atoms with Crippen molar-refractivity contribution in [2.75, 3.05) is 13.6 Å². The van der Waals surface area contributed by atoms with Crippen molar-refractivity contribution in [2.45, 2.75) is 38.6 Å². The Morgan fingerprint density at radius 3 is 3.04 bits per heavy atom. The summed E-state index contributed by atoms with van der Waals surface area (Å²) in [5.41, 5.74) is 3.72. The molecule has 0 spiro atoms. The smallest absolute Gasteiger partial charge is 0.317 e. The summed E-state index contributed by atoms with van der Waals surface area (Å²) in [7, 11) is 1.90. The lowest BCUT2D eigenvalue weighted by Crippen LogP contribution is -2.41. The third kappa shape index (κ3) is 3.72. The zero-order valence-electron chi connectivity index (χ0n) is 13.7. The molecular formula is C18H23N3OS. The van der Waals surface area contributed by atoms with Gasteiger partial charge in [0.05, 0.1) is 11.0 Å². The zero-order valence-corrected chi connectivity index (χ0v) is 14.5. The molecule has 2 aromatic rings. The molecule has 0 radical (unpaired) electrons. The van der Waals surface area contributed by atoms with E-state index in [0.29, 0.717) is 6.54 Å². The first kappa shape index (κ1) is 16.0. The first-order valence-corrected chi connectivity index (χ1v) is 9.02. The van der Waals surface area contributed by atoms with Crippen LogP contribution in [0.4, 0.5) is 4.79 Å². The molecule has 0 unspecified atom stereocenters. The minimum Gasteiger partial charge on any atom is -0.338 e. The summed E-state index contributed by atoms with van der Waals surface area (Å²) >= 11 is 1.65. The van der Waals surface area contributed by atoms with Gasteiger partial charge in [0.15, 0.2) is 0 Å². The first-order valence-electron chi connectivity index (χ1n) is 8.14. The Labute approximate surface area is 141 Å². The molecule has 2 amide bonds. The van der Waals surface area contributed by atoms with Gasteiger partial charge in [0.25, 0.3) is 0 Å². The molecule has 1 aromatic carbocycles. The second kappa shape index (κ2) is 7.13. The molecule has 1 atom stereocenters. The molecule has 0 saturated carbocycles. The molecule has 1 N–H and O–H groups in total. The summed E-state index contributed by atoms with van der Waals surface area (Å²) in [6.45, 7) is 2.62. The summed E-state index contributed by atoms with van der Waals surface area (Å²) in [5.74, 6) is 0. The van der Waals surface area contributed by atoms with E-state index in [0.717, 1.165) is 36.4 Å². The van der Waals surface area contributed by atoms with Crippen molar-refractivity contribution in [3.63, 3.8) is 0 Å². The number of rotatable bonds is 4. The highest BCUT2D eigenvalue weighted by molar-refractivity contribution is 7.09. The lowest BCUT2D eigenvalue weighted by molar-refractivity contribution is 0.184. The lowest BCUT2D eigenvalue weighted by Gasteiger charge is -2.33. The minimum absolute atomic E-state index is 0.0000175. The molecule has 3 rings (SSSR count). The average molecular weight is 329 g/mol. The molecule has 0 bridgehead atoms. The molecule has 0 fully saturated rings. The number of carbonyl (C=O) groups is 1. The quantitative estimate of drug-likeness (QED) is 0.929. The monoisotopic (exact) mass is 329 g/mol. The van der Waals surface area contributed by atoms with E-state index in [1.165, 1.54) is 11.1 Å². The number of nitrogens with zero attached hydrogens (tertiary/aromatic N) is 2. The number of amides is 2. The van der Waals surface area contributed by atoms with Crippen LogP contribution in [0.1, 0.15) is 40.7 Å². The number of thiazole rings is 1. The van der Waals surface area contributed by atoms with Crippen LogP contribution >= 0.6 is 11.3 Å². The summed E-state index contributed by atoms with van der Waals surface area (Å²) in [6, 6.07) is 8.66. The number of hydrogen-bond donors (Lipinski definition) is 1. The van der Waals surface area contributed by atoms with Crippen molar-refractivity contribution in [2.24, 2.45) is 0 Å². The van der Waals surface area contributed by atoms with Crippen LogP contribution in [0.5, 0.6) is 0 Å². The van der Waals surface area contributed by atoms with E-state index in [-0.39, 0.29) is 12.1 Å². The van der Waals surface area contributed by atoms with Gasteiger partial charge in [0, 0.05) is 31.1 Å². The van der Waals surface area contributed by atoms with Crippen molar-refractivity contribution in [3.8, 4) is 0 Å². The third-order valence-corrected chi connectivity index (χ3v) is 5.43. The maximum absolute atomic E-state index is 12.4. The Kier molecular flexibility index (Phi) is 4.96. The number of fused-ring (bicyclic) bond motifs is 1. The van der Waals surface area contributed by atoms with Crippen LogP contribution in [0.15, 0.2) is 29.6 Å². The van der Waals surface area contributed by atoms with Gasteiger partial charge in [0.2, 0.25) is 0 Å². The summed E-state index contributed by atoms with van der Waals surface area (Å²) in [4.78, 5) is 18.7. The molecule has 1 aliphatic carbocycles. The molecule has 5 heteroatoms. The Morgan fingerprint density at radius 2 is 2.26 bits per heavy atom. The second-order valence-electron chi connectivity index (χ2n) is 6.08. The van der Waals surface area contributed by atoms with Crippen LogP contribution in [-0.4, -0.2) is 29.5 Å². The van der Waals surface area contributed by atoms with E-state index >= 15 is 0 Å². The van der Waals surface area contributed by atoms with Gasteiger partial charge in [-0.3, -0.25) is 0 Å². The fourth-order valence-electron chi connectivity index (χ4n) is 3.19. The van der Waals surface area contributed by atoms with Crippen LogP contribution < -0.4 is 5.32 Å². The van der Waals surface area contributed by atoms with Gasteiger partial charge in [-0.25, -0.2) is 9.78 Å². The highest BCUT2D eigenvalue weighted by Gasteiger charge is 2.26. The van der Waals surface area contributed by atoms with Crippen LogP contribution in [0.3, 0.4) is 0 Å². The number of aryl methyl sites for hydroxylation is 2. The van der Waals surface area contributed by atoms with Crippen molar-refractivity contribution in [1.29, 1.82) is 0 Å². The minimum atomic E-state index is -0.0000175. The number of aromatic nitrogens is 1. The van der Waals surface area contributed by atoms with Crippen LogP contribution in [0.25, 0.3) is 0 Å². The number of carbonyl (C=O) groups excluding carboxylic acids is 1. The number of urea groups is 1. The second-order valence-corrected chi connectivity index (χ2v) is 7.02. The molecule has 4 nitrogen and oxygen atoms in total. The predicted octanol–water partition coefficient (Wildman–Crippen LogP) is 3.71.